The van der Waals surface area contributed by atoms with Crippen LogP contribution in [0.5, 0.6) is 0 Å². The van der Waals surface area contributed by atoms with Gasteiger partial charge in [0, 0.05) is 23.7 Å². The van der Waals surface area contributed by atoms with Crippen LogP contribution in [0.15, 0.2) is 205 Å². The van der Waals surface area contributed by atoms with Crippen molar-refractivity contribution in [3.63, 3.8) is 0 Å². The van der Waals surface area contributed by atoms with Crippen LogP contribution >= 0.6 is 0 Å². The van der Waals surface area contributed by atoms with Crippen molar-refractivity contribution >= 4 is 28.4 Å². The van der Waals surface area contributed by atoms with Crippen LogP contribution in [0.1, 0.15) is 62.2 Å². The molecule has 0 aliphatic heterocycles. The Morgan fingerprint density at radius 3 is 1.74 bits per heavy atom. The molecule has 4 nitrogen and oxygen atoms in total. The first-order chi connectivity index (χ1) is 27.9. The topological polar surface area (TPSA) is 50.5 Å². The Morgan fingerprint density at radius 2 is 1.18 bits per heavy atom. The SMILES string of the molecule is C=C/C=C(\C=C/C)c1cc(-c2ccc(-c3cc(C(N=C(C)c4ccccc4)=NC(=C)c4ccccc4)cc(-c4ccncc4)c3)cc2)cc(C(/C=C\CC)=C/C)n1. The van der Waals surface area contributed by atoms with Gasteiger partial charge in [0.05, 0.1) is 17.1 Å². The molecule has 0 N–H and O–H groups in total. The lowest BCUT2D eigenvalue weighted by molar-refractivity contribution is 1.21. The van der Waals surface area contributed by atoms with E-state index in [1.165, 1.54) is 0 Å². The maximum atomic E-state index is 5.17. The summed E-state index contributed by atoms with van der Waals surface area (Å²) in [6.45, 7) is 16.5. The van der Waals surface area contributed by atoms with Crippen molar-refractivity contribution in [1.82, 2.24) is 9.97 Å². The van der Waals surface area contributed by atoms with E-state index in [1.807, 2.05) is 105 Å². The molecule has 6 aromatic rings. The number of rotatable bonds is 13. The lowest BCUT2D eigenvalue weighted by Gasteiger charge is -2.14. The van der Waals surface area contributed by atoms with Gasteiger partial charge in [0.25, 0.3) is 0 Å². The van der Waals surface area contributed by atoms with E-state index in [0.717, 1.165) is 84.7 Å². The first-order valence-corrected chi connectivity index (χ1v) is 19.3. The molecule has 0 unspecified atom stereocenters. The minimum absolute atomic E-state index is 0.581. The number of benzene rings is 4. The van der Waals surface area contributed by atoms with Gasteiger partial charge in [-0.15, -0.1) is 0 Å². The van der Waals surface area contributed by atoms with Crippen molar-refractivity contribution in [3.05, 3.63) is 224 Å². The summed E-state index contributed by atoms with van der Waals surface area (Å²) in [6.07, 6.45) is 18.9. The lowest BCUT2D eigenvalue weighted by atomic mass is 9.94. The molecular weight excluding hydrogens is 693 g/mol. The summed E-state index contributed by atoms with van der Waals surface area (Å²) in [6, 6.07) is 43.9. The molecule has 2 heterocycles. The molecular formula is C53H48N4. The summed E-state index contributed by atoms with van der Waals surface area (Å²) >= 11 is 0. The van der Waals surface area contributed by atoms with Crippen LogP contribution in [0.2, 0.25) is 0 Å². The Labute approximate surface area is 338 Å². The Balaban J connectivity index is 1.49. The van der Waals surface area contributed by atoms with Crippen LogP contribution in [0, 0.1) is 0 Å². The Morgan fingerprint density at radius 1 is 0.614 bits per heavy atom. The highest BCUT2D eigenvalue weighted by molar-refractivity contribution is 6.13. The van der Waals surface area contributed by atoms with Crippen molar-refractivity contribution in [2.24, 2.45) is 9.98 Å². The Hall–Kier alpha value is -7.04. The number of pyridine rings is 2. The smallest absolute Gasteiger partial charge is 0.160 e. The Kier molecular flexibility index (Phi) is 13.6. The number of amidine groups is 1. The van der Waals surface area contributed by atoms with Crippen molar-refractivity contribution in [2.45, 2.75) is 34.1 Å². The van der Waals surface area contributed by atoms with E-state index >= 15 is 0 Å². The van der Waals surface area contributed by atoms with Crippen LogP contribution in [-0.2, 0) is 0 Å². The summed E-state index contributed by atoms with van der Waals surface area (Å²) in [5, 5.41) is 0. The van der Waals surface area contributed by atoms with Gasteiger partial charge >= 0.3 is 0 Å². The molecule has 0 spiro atoms. The average molecular weight is 741 g/mol. The average Bonchev–Trinajstić information content (AvgIpc) is 3.27. The first-order valence-electron chi connectivity index (χ1n) is 19.3. The highest BCUT2D eigenvalue weighted by Crippen LogP contribution is 2.33. The molecule has 4 heteroatoms. The van der Waals surface area contributed by atoms with Crippen molar-refractivity contribution < 1.29 is 0 Å². The van der Waals surface area contributed by atoms with E-state index in [-0.39, 0.29) is 0 Å². The quantitative estimate of drug-likeness (QED) is 0.0672. The van der Waals surface area contributed by atoms with E-state index in [1.54, 1.807) is 0 Å². The molecule has 0 bridgehead atoms. The van der Waals surface area contributed by atoms with Crippen LogP contribution in [-0.4, -0.2) is 21.5 Å². The molecule has 4 aromatic carbocycles. The van der Waals surface area contributed by atoms with Crippen molar-refractivity contribution in [2.75, 3.05) is 0 Å². The van der Waals surface area contributed by atoms with Gasteiger partial charge in [-0.05, 0) is 125 Å². The molecule has 2 aromatic heterocycles. The molecule has 280 valence electrons. The summed E-state index contributed by atoms with van der Waals surface area (Å²) in [4.78, 5) is 19.7. The molecule has 0 aliphatic carbocycles. The normalized spacial score (nSPS) is 12.7. The summed E-state index contributed by atoms with van der Waals surface area (Å²) < 4.78 is 0. The van der Waals surface area contributed by atoms with Gasteiger partial charge in [-0.25, -0.2) is 15.0 Å². The monoisotopic (exact) mass is 740 g/mol. The van der Waals surface area contributed by atoms with E-state index in [0.29, 0.717) is 11.5 Å². The van der Waals surface area contributed by atoms with Gasteiger partial charge < -0.3 is 0 Å². The maximum absolute atomic E-state index is 5.17. The molecule has 0 saturated heterocycles. The van der Waals surface area contributed by atoms with Crippen LogP contribution in [0.25, 0.3) is 50.2 Å². The van der Waals surface area contributed by atoms with Gasteiger partial charge in [0.15, 0.2) is 5.84 Å². The molecule has 0 aliphatic rings. The predicted octanol–water partition coefficient (Wildman–Crippen LogP) is 13.9. The van der Waals surface area contributed by atoms with Gasteiger partial charge in [-0.2, -0.15) is 0 Å². The van der Waals surface area contributed by atoms with Gasteiger partial charge in [0.1, 0.15) is 0 Å². The molecule has 0 fully saturated rings. The largest absolute Gasteiger partial charge is 0.265 e. The van der Waals surface area contributed by atoms with Gasteiger partial charge in [-0.1, -0.05) is 148 Å². The van der Waals surface area contributed by atoms with Gasteiger partial charge in [0.2, 0.25) is 0 Å². The molecule has 0 radical (unpaired) electrons. The third-order valence-corrected chi connectivity index (χ3v) is 9.47. The number of allylic oxidation sites excluding steroid dienone is 9. The van der Waals surface area contributed by atoms with E-state index in [4.69, 9.17) is 15.0 Å². The summed E-state index contributed by atoms with van der Waals surface area (Å²) in [5.74, 6) is 0.581. The fourth-order valence-corrected chi connectivity index (χ4v) is 6.47. The second kappa shape index (κ2) is 19.5. The fraction of sp³-hybridized carbons (Fsp3) is 0.0943. The molecule has 0 atom stereocenters. The number of aliphatic imine (C=N–C) groups is 2. The number of hydrogen-bond donors (Lipinski definition) is 0. The minimum Gasteiger partial charge on any atom is -0.265 e. The molecule has 57 heavy (non-hydrogen) atoms. The highest BCUT2D eigenvalue weighted by Gasteiger charge is 2.14. The maximum Gasteiger partial charge on any atom is 0.160 e. The van der Waals surface area contributed by atoms with Crippen LogP contribution < -0.4 is 0 Å². The van der Waals surface area contributed by atoms with Crippen molar-refractivity contribution in [3.8, 4) is 33.4 Å². The summed E-state index contributed by atoms with van der Waals surface area (Å²) in [7, 11) is 0. The summed E-state index contributed by atoms with van der Waals surface area (Å²) in [5.41, 5.74) is 14.6. The second-order valence-corrected chi connectivity index (χ2v) is 13.5. The van der Waals surface area contributed by atoms with E-state index < -0.39 is 0 Å². The first kappa shape index (κ1) is 39.6. The zero-order valence-electron chi connectivity index (χ0n) is 33.2. The van der Waals surface area contributed by atoms with Gasteiger partial charge in [-0.3, -0.25) is 4.98 Å². The number of aromatic nitrogens is 2. The predicted molar refractivity (Wildman–Crippen MR) is 245 cm³/mol. The zero-order valence-corrected chi connectivity index (χ0v) is 33.2. The third kappa shape index (κ3) is 10.2. The third-order valence-electron chi connectivity index (χ3n) is 9.47. The van der Waals surface area contributed by atoms with E-state index in [9.17, 15) is 0 Å². The minimum atomic E-state index is 0.581. The standard InChI is InChI=1S/C53H48N4/c1-7-11-20-40(10-4)51-36-49(37-52(57-51)46(18-8-2)19-9-3)44-27-25-43(26-28-44)47-33-48(45-29-31-54-32-30-45)35-50(34-47)53(55-38(5)41-21-14-12-15-22-41)56-39(6)42-23-16-13-17-24-42/h8-37H,2,5,7H2,1,3-4,6H3/b19-9-,20-11-,40-10+,46-18+,55-53?,56-39?. The fourth-order valence-electron chi connectivity index (χ4n) is 6.47. The second-order valence-electron chi connectivity index (χ2n) is 13.5. The van der Waals surface area contributed by atoms with E-state index in [2.05, 4.69) is 123 Å². The zero-order chi connectivity index (χ0) is 40.0. The van der Waals surface area contributed by atoms with Crippen LogP contribution in [0.3, 0.4) is 0 Å². The lowest BCUT2D eigenvalue weighted by Crippen LogP contribution is -2.05. The van der Waals surface area contributed by atoms with Crippen LogP contribution in [0.4, 0.5) is 0 Å². The Bertz CT molecular complexity index is 2520. The molecule has 0 saturated carbocycles. The molecule has 0 amide bonds. The van der Waals surface area contributed by atoms with Crippen molar-refractivity contribution in [1.29, 1.82) is 0 Å². The highest BCUT2D eigenvalue weighted by atomic mass is 14.9. The molecule has 6 rings (SSSR count). The number of nitrogens with zero attached hydrogens (tertiary/aromatic N) is 4. The number of hydrogen-bond acceptors (Lipinski definition) is 3.